The Balaban J connectivity index is 1.10. The molecule has 3 aromatic rings. The Morgan fingerprint density at radius 3 is 2.91 bits per heavy atom. The van der Waals surface area contributed by atoms with Gasteiger partial charge >= 0.3 is 0 Å². The molecule has 1 N–H and O–H groups in total. The molecule has 1 aromatic carbocycles. The van der Waals surface area contributed by atoms with Crippen LogP contribution in [0.15, 0.2) is 36.5 Å². The van der Waals surface area contributed by atoms with E-state index in [-0.39, 0.29) is 12.0 Å². The van der Waals surface area contributed by atoms with Crippen LogP contribution in [0.4, 0.5) is 0 Å². The van der Waals surface area contributed by atoms with Crippen molar-refractivity contribution < 1.29 is 14.3 Å². The van der Waals surface area contributed by atoms with Crippen molar-refractivity contribution in [3.8, 4) is 16.7 Å². The molecule has 2 aromatic heterocycles. The third-order valence-corrected chi connectivity index (χ3v) is 7.72. The molecule has 2 fully saturated rings. The molecule has 6 rings (SSSR count). The number of benzene rings is 1. The van der Waals surface area contributed by atoms with E-state index in [0.29, 0.717) is 29.0 Å². The van der Waals surface area contributed by atoms with E-state index < -0.39 is 0 Å². The SMILES string of the molecule is CC(=O)N[C@H]1C[C@H]2CC[C@@H](C1)N2CC1Cc2cc(Oc3nc4ncccc4s3)ccc2O1. The van der Waals surface area contributed by atoms with Crippen LogP contribution >= 0.6 is 11.3 Å². The molecule has 4 atom stereocenters. The summed E-state index contributed by atoms with van der Waals surface area (Å²) in [5.41, 5.74) is 1.90. The molecule has 0 spiro atoms. The first-order chi connectivity index (χ1) is 15.6. The van der Waals surface area contributed by atoms with Gasteiger partial charge in [-0.15, -0.1) is 0 Å². The third kappa shape index (κ3) is 3.82. The van der Waals surface area contributed by atoms with Crippen LogP contribution in [-0.4, -0.2) is 51.5 Å². The van der Waals surface area contributed by atoms with E-state index in [4.69, 9.17) is 9.47 Å². The van der Waals surface area contributed by atoms with Crippen molar-refractivity contribution in [2.45, 2.75) is 63.3 Å². The first kappa shape index (κ1) is 19.9. The highest BCUT2D eigenvalue weighted by Gasteiger charge is 2.42. The van der Waals surface area contributed by atoms with Crippen molar-refractivity contribution in [2.24, 2.45) is 0 Å². The summed E-state index contributed by atoms with van der Waals surface area (Å²) in [5.74, 6) is 1.81. The maximum atomic E-state index is 11.5. The fourth-order valence-corrected chi connectivity index (χ4v) is 6.36. The number of rotatable bonds is 5. The van der Waals surface area contributed by atoms with Gasteiger partial charge in [0.15, 0.2) is 5.65 Å². The first-order valence-corrected chi connectivity index (χ1v) is 12.1. The summed E-state index contributed by atoms with van der Waals surface area (Å²) >= 11 is 1.50. The molecule has 3 aliphatic rings. The molecule has 3 aliphatic heterocycles. The van der Waals surface area contributed by atoms with E-state index in [9.17, 15) is 4.79 Å². The monoisotopic (exact) mass is 450 g/mol. The average molecular weight is 451 g/mol. The van der Waals surface area contributed by atoms with Crippen molar-refractivity contribution in [1.82, 2.24) is 20.2 Å². The number of nitrogens with one attached hydrogen (secondary N) is 1. The van der Waals surface area contributed by atoms with Gasteiger partial charge in [-0.3, -0.25) is 9.69 Å². The molecule has 1 amide bonds. The summed E-state index contributed by atoms with van der Waals surface area (Å²) in [7, 11) is 0. The highest BCUT2D eigenvalue weighted by Crippen LogP contribution is 2.39. The summed E-state index contributed by atoms with van der Waals surface area (Å²) < 4.78 is 13.3. The third-order valence-electron chi connectivity index (χ3n) is 6.83. The van der Waals surface area contributed by atoms with Gasteiger partial charge in [-0.05, 0) is 56.0 Å². The number of amides is 1. The molecule has 8 heteroatoms. The van der Waals surface area contributed by atoms with Crippen molar-refractivity contribution in [3.63, 3.8) is 0 Å². The molecule has 1 unspecified atom stereocenters. The number of carbonyl (C=O) groups is 1. The van der Waals surface area contributed by atoms with Gasteiger partial charge in [0.25, 0.3) is 5.19 Å². The number of aromatic nitrogens is 2. The molecule has 2 bridgehead atoms. The van der Waals surface area contributed by atoms with Crippen LogP contribution in [0, 0.1) is 0 Å². The molecular formula is C24H26N4O3S. The lowest BCUT2D eigenvalue weighted by molar-refractivity contribution is -0.120. The minimum atomic E-state index is 0.0811. The molecule has 0 radical (unpaired) electrons. The molecule has 2 saturated heterocycles. The number of pyridine rings is 1. The van der Waals surface area contributed by atoms with E-state index >= 15 is 0 Å². The van der Waals surface area contributed by atoms with Gasteiger partial charge < -0.3 is 14.8 Å². The van der Waals surface area contributed by atoms with Crippen LogP contribution in [0.2, 0.25) is 0 Å². The van der Waals surface area contributed by atoms with Crippen LogP contribution < -0.4 is 14.8 Å². The maximum Gasteiger partial charge on any atom is 0.281 e. The van der Waals surface area contributed by atoms with Crippen LogP contribution in [0.1, 0.15) is 38.2 Å². The fourth-order valence-electron chi connectivity index (χ4n) is 5.57. The quantitative estimate of drug-likeness (QED) is 0.635. The second-order valence-corrected chi connectivity index (χ2v) is 10.1. The predicted octanol–water partition coefficient (Wildman–Crippen LogP) is 3.92. The Kier molecular flexibility index (Phi) is 4.99. The maximum absolute atomic E-state index is 11.5. The van der Waals surface area contributed by atoms with Gasteiger partial charge in [0.2, 0.25) is 5.91 Å². The Labute approximate surface area is 190 Å². The van der Waals surface area contributed by atoms with Gasteiger partial charge in [0.1, 0.15) is 17.6 Å². The number of thiazole rings is 1. The van der Waals surface area contributed by atoms with Gasteiger partial charge in [0.05, 0.1) is 4.70 Å². The lowest BCUT2D eigenvalue weighted by atomic mass is 9.96. The number of ether oxygens (including phenoxy) is 2. The van der Waals surface area contributed by atoms with Crippen LogP contribution in [-0.2, 0) is 11.2 Å². The smallest absolute Gasteiger partial charge is 0.281 e. The Hall–Kier alpha value is -2.71. The summed E-state index contributed by atoms with van der Waals surface area (Å²) in [4.78, 5) is 22.8. The topological polar surface area (TPSA) is 76.6 Å². The normalized spacial score (nSPS) is 26.7. The number of fused-ring (bicyclic) bond motifs is 4. The van der Waals surface area contributed by atoms with Gasteiger partial charge in [-0.2, -0.15) is 4.98 Å². The molecule has 166 valence electrons. The Morgan fingerprint density at radius 1 is 1.28 bits per heavy atom. The Bertz CT molecular complexity index is 1120. The molecule has 32 heavy (non-hydrogen) atoms. The van der Waals surface area contributed by atoms with E-state index in [0.717, 1.165) is 42.0 Å². The van der Waals surface area contributed by atoms with Gasteiger partial charge in [-0.25, -0.2) is 4.98 Å². The van der Waals surface area contributed by atoms with Gasteiger partial charge in [-0.1, -0.05) is 11.3 Å². The number of hydrogen-bond donors (Lipinski definition) is 1. The minimum absolute atomic E-state index is 0.0811. The fraction of sp³-hybridized carbons (Fsp3) is 0.458. The lowest BCUT2D eigenvalue weighted by Crippen LogP contribution is -2.52. The molecular weight excluding hydrogens is 424 g/mol. The Morgan fingerprint density at radius 2 is 2.12 bits per heavy atom. The number of piperidine rings is 1. The summed E-state index contributed by atoms with van der Waals surface area (Å²) in [5, 5.41) is 3.73. The zero-order valence-corrected chi connectivity index (χ0v) is 18.8. The largest absolute Gasteiger partial charge is 0.488 e. The van der Waals surface area contributed by atoms with Crippen molar-refractivity contribution in [2.75, 3.05) is 6.54 Å². The second-order valence-electron chi connectivity index (χ2n) is 9.07. The van der Waals surface area contributed by atoms with Gasteiger partial charge in [0, 0.05) is 49.8 Å². The number of hydrogen-bond acceptors (Lipinski definition) is 7. The lowest BCUT2D eigenvalue weighted by Gasteiger charge is -2.40. The molecule has 5 heterocycles. The second kappa shape index (κ2) is 8.01. The minimum Gasteiger partial charge on any atom is -0.488 e. The molecule has 0 saturated carbocycles. The molecule has 0 aliphatic carbocycles. The van der Waals surface area contributed by atoms with Crippen LogP contribution in [0.25, 0.3) is 10.3 Å². The van der Waals surface area contributed by atoms with E-state index in [1.54, 1.807) is 13.1 Å². The van der Waals surface area contributed by atoms with E-state index in [1.165, 1.54) is 29.7 Å². The highest BCUT2D eigenvalue weighted by atomic mass is 32.1. The van der Waals surface area contributed by atoms with Crippen molar-refractivity contribution in [3.05, 3.63) is 42.1 Å². The van der Waals surface area contributed by atoms with Crippen LogP contribution in [0.3, 0.4) is 0 Å². The molecule has 7 nitrogen and oxygen atoms in total. The standard InChI is InChI=1S/C24H26N4O3S/c1-14(29)26-16-11-17-4-5-18(12-16)28(17)13-20-10-15-9-19(6-7-21(15)30-20)31-24-27-23-22(32-24)3-2-8-25-23/h2-3,6-9,16-18,20H,4-5,10-13H2,1H3,(H,26,29)/t16-,17+,18-,20?. The van der Waals surface area contributed by atoms with Crippen LogP contribution in [0.5, 0.6) is 16.7 Å². The number of carbonyl (C=O) groups excluding carboxylic acids is 1. The van der Waals surface area contributed by atoms with E-state index in [2.05, 4.69) is 26.3 Å². The van der Waals surface area contributed by atoms with Crippen molar-refractivity contribution >= 4 is 27.6 Å². The van der Waals surface area contributed by atoms with E-state index in [1.807, 2.05) is 24.3 Å². The zero-order valence-electron chi connectivity index (χ0n) is 18.0. The first-order valence-electron chi connectivity index (χ1n) is 11.3. The zero-order chi connectivity index (χ0) is 21.7. The van der Waals surface area contributed by atoms with Crippen molar-refractivity contribution in [1.29, 1.82) is 0 Å². The summed E-state index contributed by atoms with van der Waals surface area (Å²) in [6.07, 6.45) is 7.32. The highest BCUT2D eigenvalue weighted by molar-refractivity contribution is 7.20. The predicted molar refractivity (Wildman–Crippen MR) is 122 cm³/mol. The average Bonchev–Trinajstić information content (AvgIpc) is 3.41. The summed E-state index contributed by atoms with van der Waals surface area (Å²) in [6.45, 7) is 2.56. The number of nitrogens with zero attached hydrogens (tertiary/aromatic N) is 3. The summed E-state index contributed by atoms with van der Waals surface area (Å²) in [6, 6.07) is 11.4.